The Bertz CT molecular complexity index is 1100. The summed E-state index contributed by atoms with van der Waals surface area (Å²) in [4.78, 5) is 22.4. The first kappa shape index (κ1) is 22.2. The molecule has 0 aliphatic carbocycles. The first-order valence-electron chi connectivity index (χ1n) is 10.5. The van der Waals surface area contributed by atoms with Crippen LogP contribution in [0.3, 0.4) is 0 Å². The summed E-state index contributed by atoms with van der Waals surface area (Å²) >= 11 is 6.34. The lowest BCUT2D eigenvalue weighted by Gasteiger charge is -2.23. The molecule has 0 amide bonds. The third-order valence-electron chi connectivity index (χ3n) is 5.36. The molecule has 1 aromatic carbocycles. The molecule has 1 N–H and O–H groups in total. The average molecular weight is 459 g/mol. The number of nitrogens with one attached hydrogen (secondary N) is 1. The Hall–Kier alpha value is -3.04. The summed E-state index contributed by atoms with van der Waals surface area (Å²) in [5.74, 6) is 0.286. The Morgan fingerprint density at radius 3 is 2.72 bits per heavy atom. The Kier molecular flexibility index (Phi) is 6.96. The number of halogens is 2. The summed E-state index contributed by atoms with van der Waals surface area (Å²) in [5, 5.41) is 7.60. The number of hydrogen-bond acceptors (Lipinski definition) is 7. The van der Waals surface area contributed by atoms with Crippen LogP contribution in [0.5, 0.6) is 0 Å². The van der Waals surface area contributed by atoms with Gasteiger partial charge in [-0.15, -0.1) is 0 Å². The van der Waals surface area contributed by atoms with Crippen molar-refractivity contribution in [2.45, 2.75) is 19.8 Å². The highest BCUT2D eigenvalue weighted by Gasteiger charge is 2.16. The summed E-state index contributed by atoms with van der Waals surface area (Å²) in [6.45, 7) is 4.76. The first-order valence-corrected chi connectivity index (χ1v) is 10.9. The molecular formula is C22H24ClFN6O2. The van der Waals surface area contributed by atoms with E-state index in [0.29, 0.717) is 42.8 Å². The molecule has 1 aliphatic rings. The lowest BCUT2D eigenvalue weighted by Crippen LogP contribution is -2.27. The average Bonchev–Trinajstić information content (AvgIpc) is 2.83. The minimum atomic E-state index is -0.632. The lowest BCUT2D eigenvalue weighted by molar-refractivity contribution is 0.0595. The highest BCUT2D eigenvalue weighted by Crippen LogP contribution is 2.24. The standard InChI is InChI=1S/C22H24ClFN6O2/c1-2-29(20-13-26-19(24)12-27-20)16-5-7-17(8-6-16)30-22(31)21(23)18(11-28-30)25-10-15-4-3-9-32-14-15/h5-8,11-13,15,25H,2-4,9-10,14H2,1H3. The maximum Gasteiger partial charge on any atom is 0.292 e. The van der Waals surface area contributed by atoms with Crippen molar-refractivity contribution in [1.82, 2.24) is 19.7 Å². The molecule has 0 bridgehead atoms. The van der Waals surface area contributed by atoms with E-state index in [1.165, 1.54) is 10.9 Å². The molecule has 168 valence electrons. The number of rotatable bonds is 7. The molecule has 10 heteroatoms. The number of ether oxygens (including phenoxy) is 1. The van der Waals surface area contributed by atoms with Crippen LogP contribution in [0.1, 0.15) is 19.8 Å². The first-order chi connectivity index (χ1) is 15.6. The Morgan fingerprint density at radius 1 is 1.25 bits per heavy atom. The highest BCUT2D eigenvalue weighted by molar-refractivity contribution is 6.32. The Morgan fingerprint density at radius 2 is 2.06 bits per heavy atom. The fourth-order valence-corrected chi connectivity index (χ4v) is 3.85. The monoisotopic (exact) mass is 458 g/mol. The SMILES string of the molecule is CCN(c1ccc(-n2ncc(NCC3CCCOC3)c(Cl)c2=O)cc1)c1cnc(F)cn1. The van der Waals surface area contributed by atoms with Crippen molar-refractivity contribution in [2.75, 3.05) is 36.5 Å². The lowest BCUT2D eigenvalue weighted by atomic mass is 10.0. The Labute approximate surface area is 190 Å². The molecule has 3 aromatic rings. The molecule has 0 spiro atoms. The normalized spacial score (nSPS) is 16.0. The zero-order valence-corrected chi connectivity index (χ0v) is 18.4. The van der Waals surface area contributed by atoms with Crippen molar-refractivity contribution in [2.24, 2.45) is 5.92 Å². The molecule has 8 nitrogen and oxygen atoms in total. The molecule has 0 saturated carbocycles. The van der Waals surface area contributed by atoms with E-state index >= 15 is 0 Å². The van der Waals surface area contributed by atoms with Crippen molar-refractivity contribution in [1.29, 1.82) is 0 Å². The number of hydrogen-bond donors (Lipinski definition) is 1. The molecule has 32 heavy (non-hydrogen) atoms. The molecule has 1 saturated heterocycles. The molecule has 1 fully saturated rings. The van der Waals surface area contributed by atoms with E-state index in [4.69, 9.17) is 16.3 Å². The number of nitrogens with zero attached hydrogens (tertiary/aromatic N) is 5. The van der Waals surface area contributed by atoms with E-state index in [-0.39, 0.29) is 5.02 Å². The summed E-state index contributed by atoms with van der Waals surface area (Å²) in [6.07, 6.45) is 6.14. The zero-order valence-electron chi connectivity index (χ0n) is 17.7. The summed E-state index contributed by atoms with van der Waals surface area (Å²) in [5.41, 5.74) is 1.52. The zero-order chi connectivity index (χ0) is 22.5. The third kappa shape index (κ3) is 4.89. The largest absolute Gasteiger partial charge is 0.382 e. The van der Waals surface area contributed by atoms with Gasteiger partial charge in [0.2, 0.25) is 5.95 Å². The van der Waals surface area contributed by atoms with Crippen LogP contribution >= 0.6 is 11.6 Å². The predicted molar refractivity (Wildman–Crippen MR) is 122 cm³/mol. The van der Waals surface area contributed by atoms with Gasteiger partial charge in [0.15, 0.2) is 5.82 Å². The number of benzene rings is 1. The molecule has 3 heterocycles. The van der Waals surface area contributed by atoms with Gasteiger partial charge in [0.1, 0.15) is 5.02 Å². The quantitative estimate of drug-likeness (QED) is 0.576. The van der Waals surface area contributed by atoms with Crippen LogP contribution in [0.15, 0.2) is 47.7 Å². The van der Waals surface area contributed by atoms with Crippen molar-refractivity contribution in [3.63, 3.8) is 0 Å². The second kappa shape index (κ2) is 10.1. The minimum absolute atomic E-state index is 0.0950. The summed E-state index contributed by atoms with van der Waals surface area (Å²) < 4.78 is 19.8. The molecular weight excluding hydrogens is 435 g/mol. The molecule has 1 unspecified atom stereocenters. The van der Waals surface area contributed by atoms with Gasteiger partial charge in [-0.2, -0.15) is 14.2 Å². The molecule has 1 aliphatic heterocycles. The molecule has 2 aromatic heterocycles. The summed E-state index contributed by atoms with van der Waals surface area (Å²) in [7, 11) is 0. The van der Waals surface area contributed by atoms with E-state index in [2.05, 4.69) is 20.4 Å². The minimum Gasteiger partial charge on any atom is -0.382 e. The second-order valence-corrected chi connectivity index (χ2v) is 7.89. The van der Waals surface area contributed by atoms with Gasteiger partial charge in [-0.25, -0.2) is 9.97 Å². The molecule has 0 radical (unpaired) electrons. The van der Waals surface area contributed by atoms with Crippen LogP contribution in [0.2, 0.25) is 5.02 Å². The van der Waals surface area contributed by atoms with Crippen molar-refractivity contribution in [3.05, 3.63) is 64.2 Å². The van der Waals surface area contributed by atoms with Crippen LogP contribution in [-0.4, -0.2) is 46.1 Å². The van der Waals surface area contributed by atoms with E-state index in [9.17, 15) is 9.18 Å². The van der Waals surface area contributed by atoms with Gasteiger partial charge in [-0.1, -0.05) is 11.6 Å². The second-order valence-electron chi connectivity index (χ2n) is 7.51. The van der Waals surface area contributed by atoms with Crippen molar-refractivity contribution < 1.29 is 9.13 Å². The van der Waals surface area contributed by atoms with Crippen molar-refractivity contribution >= 4 is 28.8 Å². The van der Waals surface area contributed by atoms with Gasteiger partial charge in [0, 0.05) is 25.4 Å². The van der Waals surface area contributed by atoms with E-state index in [1.54, 1.807) is 18.3 Å². The maximum absolute atomic E-state index is 13.1. The summed E-state index contributed by atoms with van der Waals surface area (Å²) in [6, 6.07) is 7.21. The smallest absolute Gasteiger partial charge is 0.292 e. The van der Waals surface area contributed by atoms with E-state index in [0.717, 1.165) is 31.3 Å². The van der Waals surface area contributed by atoms with E-state index in [1.807, 2.05) is 24.0 Å². The Balaban J connectivity index is 1.51. The number of anilines is 3. The van der Waals surface area contributed by atoms with Gasteiger partial charge in [0.25, 0.3) is 5.56 Å². The fourth-order valence-electron chi connectivity index (χ4n) is 3.66. The van der Waals surface area contributed by atoms with Crippen LogP contribution in [-0.2, 0) is 4.74 Å². The van der Waals surface area contributed by atoms with Gasteiger partial charge in [-0.3, -0.25) is 4.79 Å². The third-order valence-corrected chi connectivity index (χ3v) is 5.73. The molecule has 1 atom stereocenters. The van der Waals surface area contributed by atoms with Crippen molar-refractivity contribution in [3.8, 4) is 5.69 Å². The van der Waals surface area contributed by atoms with Gasteiger partial charge in [0.05, 0.1) is 36.6 Å². The van der Waals surface area contributed by atoms with Crippen LogP contribution < -0.4 is 15.8 Å². The van der Waals surface area contributed by atoms with Crippen LogP contribution in [0, 0.1) is 11.9 Å². The topological polar surface area (TPSA) is 85.2 Å². The van der Waals surface area contributed by atoms with Gasteiger partial charge < -0.3 is 15.0 Å². The highest BCUT2D eigenvalue weighted by atomic mass is 35.5. The predicted octanol–water partition coefficient (Wildman–Crippen LogP) is 3.81. The number of aromatic nitrogens is 4. The molecule has 4 rings (SSSR count). The van der Waals surface area contributed by atoms with E-state index < -0.39 is 11.5 Å². The fraction of sp³-hybridized carbons (Fsp3) is 0.364. The maximum atomic E-state index is 13.1. The van der Waals surface area contributed by atoms with Gasteiger partial charge >= 0.3 is 0 Å². The van der Waals surface area contributed by atoms with Gasteiger partial charge in [-0.05, 0) is 49.9 Å². The van der Waals surface area contributed by atoms with Crippen LogP contribution in [0.25, 0.3) is 5.69 Å². The van der Waals surface area contributed by atoms with Crippen LogP contribution in [0.4, 0.5) is 21.6 Å².